The van der Waals surface area contributed by atoms with Crippen molar-refractivity contribution in [2.75, 3.05) is 13.2 Å². The average molecular weight is 1180 g/mol. The highest BCUT2D eigenvalue weighted by Crippen LogP contribution is 2.19. The molecule has 496 valence electrons. The number of aliphatic hydroxyl groups is 2. The second-order valence-corrected chi connectivity index (χ2v) is 26.3. The Morgan fingerprint density at radius 3 is 0.845 bits per heavy atom. The summed E-state index contributed by atoms with van der Waals surface area (Å²) in [5, 5.41) is 23.3. The van der Waals surface area contributed by atoms with E-state index in [1.807, 2.05) is 6.08 Å². The highest BCUT2D eigenvalue weighted by Gasteiger charge is 2.18. The predicted molar refractivity (Wildman–Crippen MR) is 370 cm³/mol. The molecule has 84 heavy (non-hydrogen) atoms. The standard InChI is InChI=1S/C78H149NO5/c1-3-5-7-9-11-13-15-17-19-20-21-22-30-33-36-39-43-46-50-54-58-62-66-70-76(81)75(74-80)79-77(82)71-67-63-59-55-51-47-44-40-37-34-31-28-26-24-23-25-27-29-32-35-38-41-45-49-53-57-61-65-69-73-84-78(83)72-68-64-60-56-52-48-42-18-16-14-12-10-8-6-4-2/h18,23,25,42,66,70,75-76,80-81H,3-17,19-22,24,26-41,43-65,67-69,71-74H2,1-2H3,(H,79,82)/b25-23-,42-18-,70-66+. The maximum atomic E-state index is 12.5. The largest absolute Gasteiger partial charge is 0.466 e. The molecule has 0 bridgehead atoms. The summed E-state index contributed by atoms with van der Waals surface area (Å²) in [5.74, 6) is -0.0538. The molecular formula is C78H149NO5. The molecule has 0 aromatic carbocycles. The Bertz CT molecular complexity index is 1360. The van der Waals surface area contributed by atoms with Crippen molar-refractivity contribution in [1.29, 1.82) is 0 Å². The van der Waals surface area contributed by atoms with Crippen LogP contribution in [0.3, 0.4) is 0 Å². The number of allylic oxidation sites excluding steroid dienone is 5. The third kappa shape index (κ3) is 69.2. The number of esters is 1. The van der Waals surface area contributed by atoms with E-state index in [1.165, 1.54) is 353 Å². The number of rotatable bonds is 72. The summed E-state index contributed by atoms with van der Waals surface area (Å²) in [6.07, 6.45) is 95.3. The molecule has 1 amide bonds. The fraction of sp³-hybridized carbons (Fsp3) is 0.897. The number of aliphatic hydroxyl groups excluding tert-OH is 2. The molecule has 0 heterocycles. The highest BCUT2D eigenvalue weighted by atomic mass is 16.5. The van der Waals surface area contributed by atoms with Crippen LogP contribution in [0.2, 0.25) is 0 Å². The third-order valence-electron chi connectivity index (χ3n) is 17.9. The predicted octanol–water partition coefficient (Wildman–Crippen LogP) is 25.0. The van der Waals surface area contributed by atoms with Crippen LogP contribution in [-0.2, 0) is 14.3 Å². The molecule has 2 atom stereocenters. The lowest BCUT2D eigenvalue weighted by Crippen LogP contribution is -2.45. The summed E-state index contributed by atoms with van der Waals surface area (Å²) >= 11 is 0. The minimum absolute atomic E-state index is 0.00890. The van der Waals surface area contributed by atoms with Crippen LogP contribution in [0.25, 0.3) is 0 Å². The molecule has 0 aromatic rings. The number of amides is 1. The van der Waals surface area contributed by atoms with Gasteiger partial charge in [0.05, 0.1) is 25.4 Å². The first-order valence-electron chi connectivity index (χ1n) is 38.3. The lowest BCUT2D eigenvalue weighted by atomic mass is 10.0. The molecule has 0 aliphatic rings. The van der Waals surface area contributed by atoms with Gasteiger partial charge in [-0.2, -0.15) is 0 Å². The van der Waals surface area contributed by atoms with E-state index in [0.29, 0.717) is 19.4 Å². The molecule has 3 N–H and O–H groups in total. The van der Waals surface area contributed by atoms with Crippen molar-refractivity contribution in [3.63, 3.8) is 0 Å². The molecule has 0 fully saturated rings. The van der Waals surface area contributed by atoms with Gasteiger partial charge in [-0.1, -0.05) is 365 Å². The van der Waals surface area contributed by atoms with E-state index in [0.717, 1.165) is 44.9 Å². The minimum atomic E-state index is -0.846. The van der Waals surface area contributed by atoms with Gasteiger partial charge in [-0.05, 0) is 83.5 Å². The summed E-state index contributed by atoms with van der Waals surface area (Å²) in [5.41, 5.74) is 0. The smallest absolute Gasteiger partial charge is 0.305 e. The molecule has 0 saturated carbocycles. The van der Waals surface area contributed by atoms with Crippen LogP contribution in [0.15, 0.2) is 36.5 Å². The Hall–Kier alpha value is -1.92. The number of unbranched alkanes of at least 4 members (excludes halogenated alkanes) is 57. The van der Waals surface area contributed by atoms with Gasteiger partial charge < -0.3 is 20.3 Å². The second kappa shape index (κ2) is 73.5. The lowest BCUT2D eigenvalue weighted by molar-refractivity contribution is -0.143. The summed E-state index contributed by atoms with van der Waals surface area (Å²) in [6, 6.07) is -0.629. The van der Waals surface area contributed by atoms with Crippen LogP contribution in [0.5, 0.6) is 0 Å². The zero-order valence-corrected chi connectivity index (χ0v) is 56.9. The maximum absolute atomic E-state index is 12.5. The van der Waals surface area contributed by atoms with E-state index in [4.69, 9.17) is 4.74 Å². The number of nitrogens with one attached hydrogen (secondary N) is 1. The van der Waals surface area contributed by atoms with Crippen LogP contribution >= 0.6 is 0 Å². The Balaban J connectivity index is 3.40. The Labute approximate surface area is 525 Å². The molecule has 0 saturated heterocycles. The number of hydrogen-bond acceptors (Lipinski definition) is 5. The van der Waals surface area contributed by atoms with Crippen LogP contribution in [0.1, 0.15) is 425 Å². The normalized spacial score (nSPS) is 12.7. The number of carbonyl (C=O) groups is 2. The summed E-state index contributed by atoms with van der Waals surface area (Å²) in [6.45, 7) is 4.94. The monoisotopic (exact) mass is 1180 g/mol. The molecule has 6 heteroatoms. The van der Waals surface area contributed by atoms with E-state index in [1.54, 1.807) is 6.08 Å². The fourth-order valence-corrected chi connectivity index (χ4v) is 12.0. The van der Waals surface area contributed by atoms with Crippen LogP contribution in [0, 0.1) is 0 Å². The van der Waals surface area contributed by atoms with Gasteiger partial charge in [-0.25, -0.2) is 0 Å². The van der Waals surface area contributed by atoms with Gasteiger partial charge in [0.1, 0.15) is 0 Å². The fourth-order valence-electron chi connectivity index (χ4n) is 12.0. The molecular weight excluding hydrogens is 1030 g/mol. The third-order valence-corrected chi connectivity index (χ3v) is 17.9. The molecule has 0 aliphatic carbocycles. The SMILES string of the molecule is CCCCCCCC/C=C\CCCCCCCC(=O)OCCCCCCCCCCCCCC/C=C\CCCCCCCCCCCCCCCC(=O)NC(CO)C(O)/C=C/CCCCCCCCCCCCCCCCCCCCCCC. The molecule has 6 nitrogen and oxygen atoms in total. The van der Waals surface area contributed by atoms with Crippen molar-refractivity contribution in [2.24, 2.45) is 0 Å². The highest BCUT2D eigenvalue weighted by molar-refractivity contribution is 5.76. The van der Waals surface area contributed by atoms with Gasteiger partial charge in [0.2, 0.25) is 5.91 Å². The van der Waals surface area contributed by atoms with Crippen molar-refractivity contribution in [3.05, 3.63) is 36.5 Å². The van der Waals surface area contributed by atoms with Gasteiger partial charge in [0.25, 0.3) is 0 Å². The zero-order chi connectivity index (χ0) is 60.6. The van der Waals surface area contributed by atoms with Gasteiger partial charge >= 0.3 is 5.97 Å². The van der Waals surface area contributed by atoms with Crippen LogP contribution < -0.4 is 5.32 Å². The first-order chi connectivity index (χ1) is 41.5. The lowest BCUT2D eigenvalue weighted by Gasteiger charge is -2.20. The van der Waals surface area contributed by atoms with Gasteiger partial charge in [0.15, 0.2) is 0 Å². The maximum Gasteiger partial charge on any atom is 0.305 e. The van der Waals surface area contributed by atoms with Gasteiger partial charge in [-0.15, -0.1) is 0 Å². The summed E-state index contributed by atoms with van der Waals surface area (Å²) < 4.78 is 5.49. The summed E-state index contributed by atoms with van der Waals surface area (Å²) in [4.78, 5) is 24.6. The molecule has 0 rings (SSSR count). The van der Waals surface area contributed by atoms with E-state index >= 15 is 0 Å². The second-order valence-electron chi connectivity index (χ2n) is 26.3. The van der Waals surface area contributed by atoms with E-state index in [9.17, 15) is 19.8 Å². The number of carbonyl (C=O) groups excluding carboxylic acids is 2. The molecule has 0 aliphatic heterocycles. The average Bonchev–Trinajstić information content (AvgIpc) is 3.51. The van der Waals surface area contributed by atoms with Crippen molar-refractivity contribution in [2.45, 2.75) is 437 Å². The van der Waals surface area contributed by atoms with E-state index < -0.39 is 12.1 Å². The summed E-state index contributed by atoms with van der Waals surface area (Å²) in [7, 11) is 0. The molecule has 0 aromatic heterocycles. The van der Waals surface area contributed by atoms with Crippen molar-refractivity contribution >= 4 is 11.9 Å². The topological polar surface area (TPSA) is 95.9 Å². The number of ether oxygens (including phenoxy) is 1. The number of hydrogen-bond donors (Lipinski definition) is 3. The first-order valence-corrected chi connectivity index (χ1v) is 38.3. The Morgan fingerprint density at radius 2 is 0.560 bits per heavy atom. The van der Waals surface area contributed by atoms with E-state index in [-0.39, 0.29) is 18.5 Å². The Morgan fingerprint density at radius 1 is 0.321 bits per heavy atom. The van der Waals surface area contributed by atoms with Gasteiger partial charge in [0, 0.05) is 12.8 Å². The van der Waals surface area contributed by atoms with Gasteiger partial charge in [-0.3, -0.25) is 9.59 Å². The van der Waals surface area contributed by atoms with Crippen molar-refractivity contribution in [1.82, 2.24) is 5.32 Å². The van der Waals surface area contributed by atoms with Crippen LogP contribution in [-0.4, -0.2) is 47.4 Å². The van der Waals surface area contributed by atoms with Crippen LogP contribution in [0.4, 0.5) is 0 Å². The molecule has 0 spiro atoms. The first kappa shape index (κ1) is 82.1. The van der Waals surface area contributed by atoms with Crippen molar-refractivity contribution in [3.8, 4) is 0 Å². The zero-order valence-electron chi connectivity index (χ0n) is 56.9. The Kier molecular flexibility index (Phi) is 71.9. The van der Waals surface area contributed by atoms with Crippen molar-refractivity contribution < 1.29 is 24.5 Å². The quantitative estimate of drug-likeness (QED) is 0.0320. The van der Waals surface area contributed by atoms with E-state index in [2.05, 4.69) is 43.5 Å². The molecule has 0 radical (unpaired) electrons. The molecule has 2 unspecified atom stereocenters. The minimum Gasteiger partial charge on any atom is -0.466 e.